The molecule has 0 aromatic heterocycles. The van der Waals surface area contributed by atoms with Crippen LogP contribution < -0.4 is 10.1 Å². The van der Waals surface area contributed by atoms with E-state index in [1.165, 1.54) is 0 Å². The van der Waals surface area contributed by atoms with E-state index in [9.17, 15) is 5.11 Å². The molecule has 0 saturated carbocycles. The van der Waals surface area contributed by atoms with Crippen molar-refractivity contribution in [2.75, 3.05) is 26.4 Å². The average Bonchev–Trinajstić information content (AvgIpc) is 3.05. The van der Waals surface area contributed by atoms with Crippen LogP contribution in [0.25, 0.3) is 0 Å². The molecule has 0 bridgehead atoms. The van der Waals surface area contributed by atoms with Crippen LogP contribution in [0.2, 0.25) is 0 Å². The Morgan fingerprint density at radius 1 is 1.48 bits per heavy atom. The third-order valence-electron chi connectivity index (χ3n) is 3.77. The van der Waals surface area contributed by atoms with Crippen molar-refractivity contribution in [3.63, 3.8) is 0 Å². The summed E-state index contributed by atoms with van der Waals surface area (Å²) in [6.07, 6.45) is 0.511. The number of rotatable bonds is 7. The molecule has 0 amide bonds. The Hall–Kier alpha value is -1.61. The smallest absolute Gasteiger partial charge is 0.119 e. The molecule has 2 N–H and O–H groups in total. The SMILES string of the molecule is CC(NCC(O)COc1ccc(C#N)cc1)C1CCOC1. The molecule has 1 fully saturated rings. The largest absolute Gasteiger partial charge is 0.491 e. The molecular weight excluding hydrogens is 268 g/mol. The topological polar surface area (TPSA) is 74.5 Å². The van der Waals surface area contributed by atoms with Gasteiger partial charge >= 0.3 is 0 Å². The first-order valence-electron chi connectivity index (χ1n) is 7.31. The number of aliphatic hydroxyl groups is 1. The van der Waals surface area contributed by atoms with Crippen LogP contribution >= 0.6 is 0 Å². The summed E-state index contributed by atoms with van der Waals surface area (Å²) < 4.78 is 10.9. The minimum Gasteiger partial charge on any atom is -0.491 e. The van der Waals surface area contributed by atoms with Crippen LogP contribution in [0, 0.1) is 17.2 Å². The van der Waals surface area contributed by atoms with Gasteiger partial charge in [-0.25, -0.2) is 0 Å². The van der Waals surface area contributed by atoms with E-state index in [1.54, 1.807) is 24.3 Å². The van der Waals surface area contributed by atoms with Crippen molar-refractivity contribution in [1.29, 1.82) is 5.26 Å². The number of nitrogens with zero attached hydrogens (tertiary/aromatic N) is 1. The van der Waals surface area contributed by atoms with Gasteiger partial charge in [-0.15, -0.1) is 0 Å². The van der Waals surface area contributed by atoms with Gasteiger partial charge in [0.05, 0.1) is 18.2 Å². The Morgan fingerprint density at radius 3 is 2.86 bits per heavy atom. The Morgan fingerprint density at radius 2 is 2.24 bits per heavy atom. The van der Waals surface area contributed by atoms with Gasteiger partial charge < -0.3 is 19.9 Å². The maximum atomic E-state index is 9.93. The second-order valence-electron chi connectivity index (χ2n) is 5.42. The van der Waals surface area contributed by atoms with Gasteiger partial charge in [0.25, 0.3) is 0 Å². The highest BCUT2D eigenvalue weighted by Gasteiger charge is 2.22. The summed E-state index contributed by atoms with van der Waals surface area (Å²) in [5.74, 6) is 1.18. The lowest BCUT2D eigenvalue weighted by molar-refractivity contribution is 0.100. The predicted molar refractivity (Wildman–Crippen MR) is 79.0 cm³/mol. The first-order chi connectivity index (χ1) is 10.2. The summed E-state index contributed by atoms with van der Waals surface area (Å²) in [6, 6.07) is 9.24. The van der Waals surface area contributed by atoms with E-state index in [-0.39, 0.29) is 6.61 Å². The third kappa shape index (κ3) is 5.01. The van der Waals surface area contributed by atoms with Crippen molar-refractivity contribution in [3.05, 3.63) is 29.8 Å². The van der Waals surface area contributed by atoms with Gasteiger partial charge in [-0.05, 0) is 43.5 Å². The Labute approximate surface area is 125 Å². The Balaban J connectivity index is 1.66. The number of nitriles is 1. The van der Waals surface area contributed by atoms with Gasteiger partial charge in [-0.2, -0.15) is 5.26 Å². The zero-order chi connectivity index (χ0) is 15.1. The number of aliphatic hydroxyl groups excluding tert-OH is 1. The zero-order valence-corrected chi connectivity index (χ0v) is 12.3. The summed E-state index contributed by atoms with van der Waals surface area (Å²) in [4.78, 5) is 0. The van der Waals surface area contributed by atoms with Gasteiger partial charge in [0, 0.05) is 19.2 Å². The van der Waals surface area contributed by atoms with Gasteiger partial charge in [0.1, 0.15) is 18.5 Å². The molecule has 21 heavy (non-hydrogen) atoms. The minimum absolute atomic E-state index is 0.229. The summed E-state index contributed by atoms with van der Waals surface area (Å²) in [5.41, 5.74) is 0.595. The summed E-state index contributed by atoms with van der Waals surface area (Å²) in [7, 11) is 0. The zero-order valence-electron chi connectivity index (χ0n) is 12.3. The number of hydrogen-bond acceptors (Lipinski definition) is 5. The van der Waals surface area contributed by atoms with E-state index in [2.05, 4.69) is 18.3 Å². The normalized spacial score (nSPS) is 20.7. The van der Waals surface area contributed by atoms with E-state index in [0.717, 1.165) is 19.6 Å². The minimum atomic E-state index is -0.564. The molecule has 5 nitrogen and oxygen atoms in total. The molecule has 2 rings (SSSR count). The second kappa shape index (κ2) is 7.99. The second-order valence-corrected chi connectivity index (χ2v) is 5.42. The molecular formula is C16H22N2O3. The quantitative estimate of drug-likeness (QED) is 0.792. The van der Waals surface area contributed by atoms with Gasteiger partial charge in [-0.3, -0.25) is 0 Å². The van der Waals surface area contributed by atoms with Crippen LogP contribution in [-0.4, -0.2) is 43.6 Å². The maximum Gasteiger partial charge on any atom is 0.119 e. The molecule has 0 radical (unpaired) electrons. The lowest BCUT2D eigenvalue weighted by atomic mass is 10.0. The summed E-state index contributed by atoms with van der Waals surface area (Å²) >= 11 is 0. The van der Waals surface area contributed by atoms with Crippen molar-refractivity contribution in [3.8, 4) is 11.8 Å². The molecule has 0 aliphatic carbocycles. The maximum absolute atomic E-state index is 9.93. The molecule has 0 spiro atoms. The highest BCUT2D eigenvalue weighted by Crippen LogP contribution is 2.16. The van der Waals surface area contributed by atoms with Crippen molar-refractivity contribution < 1.29 is 14.6 Å². The fraction of sp³-hybridized carbons (Fsp3) is 0.562. The molecule has 3 unspecified atom stereocenters. The van der Waals surface area contributed by atoms with E-state index in [4.69, 9.17) is 14.7 Å². The van der Waals surface area contributed by atoms with Crippen molar-refractivity contribution in [2.45, 2.75) is 25.5 Å². The van der Waals surface area contributed by atoms with Crippen LogP contribution in [0.3, 0.4) is 0 Å². The number of nitrogens with one attached hydrogen (secondary N) is 1. The molecule has 1 aromatic rings. The van der Waals surface area contributed by atoms with E-state index in [0.29, 0.717) is 29.8 Å². The van der Waals surface area contributed by atoms with E-state index < -0.39 is 6.10 Å². The molecule has 1 aromatic carbocycles. The molecule has 114 valence electrons. The lowest BCUT2D eigenvalue weighted by Gasteiger charge is -2.21. The standard InChI is InChI=1S/C16H22N2O3/c1-12(14-6-7-20-10-14)18-9-15(19)11-21-16-4-2-13(8-17)3-5-16/h2-5,12,14-15,18-19H,6-7,9-11H2,1H3. The fourth-order valence-corrected chi connectivity index (χ4v) is 2.31. The lowest BCUT2D eigenvalue weighted by Crippen LogP contribution is -2.40. The van der Waals surface area contributed by atoms with Gasteiger partial charge in [0.15, 0.2) is 0 Å². The summed E-state index contributed by atoms with van der Waals surface area (Å²) in [6.45, 7) is 4.47. The average molecular weight is 290 g/mol. The van der Waals surface area contributed by atoms with Crippen LogP contribution in [0.5, 0.6) is 5.75 Å². The highest BCUT2D eigenvalue weighted by atomic mass is 16.5. The number of benzene rings is 1. The number of hydrogen-bond donors (Lipinski definition) is 2. The Kier molecular flexibility index (Phi) is 6.00. The van der Waals surface area contributed by atoms with Crippen LogP contribution in [0.1, 0.15) is 18.9 Å². The van der Waals surface area contributed by atoms with Crippen LogP contribution in [-0.2, 0) is 4.74 Å². The van der Waals surface area contributed by atoms with Crippen molar-refractivity contribution in [2.24, 2.45) is 5.92 Å². The van der Waals surface area contributed by atoms with Crippen LogP contribution in [0.4, 0.5) is 0 Å². The van der Waals surface area contributed by atoms with E-state index in [1.807, 2.05) is 0 Å². The molecule has 1 heterocycles. The molecule has 3 atom stereocenters. The Bertz CT molecular complexity index is 463. The number of ether oxygens (including phenoxy) is 2. The first-order valence-corrected chi connectivity index (χ1v) is 7.31. The molecule has 1 aliphatic rings. The third-order valence-corrected chi connectivity index (χ3v) is 3.77. The van der Waals surface area contributed by atoms with Gasteiger partial charge in [-0.1, -0.05) is 0 Å². The molecule has 1 aliphatic heterocycles. The van der Waals surface area contributed by atoms with Gasteiger partial charge in [0.2, 0.25) is 0 Å². The summed E-state index contributed by atoms with van der Waals surface area (Å²) in [5, 5.41) is 22.0. The molecule has 5 heteroatoms. The molecule has 1 saturated heterocycles. The first kappa shape index (κ1) is 15.8. The predicted octanol–water partition coefficient (Wildman–Crippen LogP) is 1.31. The van der Waals surface area contributed by atoms with Crippen molar-refractivity contribution >= 4 is 0 Å². The fourth-order valence-electron chi connectivity index (χ4n) is 2.31. The van der Waals surface area contributed by atoms with E-state index >= 15 is 0 Å². The highest BCUT2D eigenvalue weighted by molar-refractivity contribution is 5.34. The van der Waals surface area contributed by atoms with Crippen molar-refractivity contribution in [1.82, 2.24) is 5.32 Å². The monoisotopic (exact) mass is 290 g/mol. The van der Waals surface area contributed by atoms with Crippen LogP contribution in [0.15, 0.2) is 24.3 Å².